The first-order valence-electron chi connectivity index (χ1n) is 10.3. The van der Waals surface area contributed by atoms with Gasteiger partial charge in [-0.25, -0.2) is 0 Å². The van der Waals surface area contributed by atoms with Crippen LogP contribution in [0.3, 0.4) is 0 Å². The number of benzene rings is 1. The van der Waals surface area contributed by atoms with E-state index in [1.807, 2.05) is 0 Å². The second-order valence-electron chi connectivity index (χ2n) is 7.28. The third kappa shape index (κ3) is 11.2. The molecule has 0 atom stereocenters. The molecule has 0 saturated heterocycles. The van der Waals surface area contributed by atoms with Crippen molar-refractivity contribution in [3.05, 3.63) is 35.4 Å². The van der Waals surface area contributed by atoms with Crippen LogP contribution in [0.2, 0.25) is 0 Å². The van der Waals surface area contributed by atoms with Gasteiger partial charge in [0.15, 0.2) is 5.11 Å². The summed E-state index contributed by atoms with van der Waals surface area (Å²) in [5.74, 6) is 0.553. The van der Waals surface area contributed by atoms with Crippen LogP contribution in [0.15, 0.2) is 29.4 Å². The lowest BCUT2D eigenvalue weighted by Gasteiger charge is -2.07. The number of thiocarbonyl (C=S) groups is 1. The lowest BCUT2D eigenvalue weighted by Crippen LogP contribution is -2.32. The molecule has 0 saturated carbocycles. The van der Waals surface area contributed by atoms with Crippen molar-refractivity contribution in [1.82, 2.24) is 10.7 Å². The van der Waals surface area contributed by atoms with Crippen molar-refractivity contribution in [2.24, 2.45) is 5.10 Å². The summed E-state index contributed by atoms with van der Waals surface area (Å²) in [4.78, 5) is 0. The Morgan fingerprint density at radius 2 is 1.54 bits per heavy atom. The largest absolute Gasteiger partial charge is 0.361 e. The van der Waals surface area contributed by atoms with Crippen LogP contribution in [0, 0.1) is 0 Å². The smallest absolute Gasteiger partial charge is 0.186 e. The molecular formula is C22H37N3S. The second kappa shape index (κ2) is 14.7. The fourth-order valence-electron chi connectivity index (χ4n) is 2.81. The van der Waals surface area contributed by atoms with Gasteiger partial charge in [-0.05, 0) is 35.7 Å². The van der Waals surface area contributed by atoms with Gasteiger partial charge in [-0.3, -0.25) is 5.43 Å². The first-order chi connectivity index (χ1) is 12.6. The highest BCUT2D eigenvalue weighted by Crippen LogP contribution is 2.13. The number of rotatable bonds is 13. The maximum absolute atomic E-state index is 5.25. The molecule has 0 aliphatic carbocycles. The Hall–Kier alpha value is -1.42. The Balaban J connectivity index is 2.03. The zero-order chi connectivity index (χ0) is 19.0. The molecule has 26 heavy (non-hydrogen) atoms. The molecule has 1 rings (SSSR count). The van der Waals surface area contributed by atoms with Crippen LogP contribution in [-0.4, -0.2) is 17.9 Å². The van der Waals surface area contributed by atoms with Crippen LogP contribution in [-0.2, 0) is 0 Å². The molecule has 1 aromatic rings. The Kier molecular flexibility index (Phi) is 12.8. The lowest BCUT2D eigenvalue weighted by molar-refractivity contribution is 0.562. The van der Waals surface area contributed by atoms with E-state index in [9.17, 15) is 0 Å². The minimum absolute atomic E-state index is 0.553. The first-order valence-corrected chi connectivity index (χ1v) is 10.7. The molecule has 2 N–H and O–H groups in total. The third-order valence-electron chi connectivity index (χ3n) is 4.55. The van der Waals surface area contributed by atoms with Gasteiger partial charge in [0.25, 0.3) is 0 Å². The van der Waals surface area contributed by atoms with E-state index in [1.54, 1.807) is 6.21 Å². The van der Waals surface area contributed by atoms with Crippen molar-refractivity contribution in [2.45, 2.75) is 84.5 Å². The number of hydrogen-bond acceptors (Lipinski definition) is 2. The topological polar surface area (TPSA) is 36.4 Å². The van der Waals surface area contributed by atoms with Gasteiger partial charge in [0.2, 0.25) is 0 Å². The molecule has 1 aromatic carbocycles. The van der Waals surface area contributed by atoms with Crippen LogP contribution in [0.25, 0.3) is 0 Å². The molecule has 0 aromatic heterocycles. The Morgan fingerprint density at radius 3 is 2.12 bits per heavy atom. The van der Waals surface area contributed by atoms with E-state index >= 15 is 0 Å². The zero-order valence-electron chi connectivity index (χ0n) is 16.9. The SMILES string of the molecule is CCCCCCCCCCCNC(=S)N/N=C/c1ccc(C(C)C)cc1. The molecule has 0 spiro atoms. The summed E-state index contributed by atoms with van der Waals surface area (Å²) in [6, 6.07) is 8.46. The molecule has 0 heterocycles. The molecule has 0 amide bonds. The van der Waals surface area contributed by atoms with E-state index in [4.69, 9.17) is 12.2 Å². The highest BCUT2D eigenvalue weighted by molar-refractivity contribution is 7.80. The van der Waals surface area contributed by atoms with Crippen molar-refractivity contribution in [2.75, 3.05) is 6.54 Å². The summed E-state index contributed by atoms with van der Waals surface area (Å²) >= 11 is 5.25. The Bertz CT molecular complexity index is 509. The van der Waals surface area contributed by atoms with E-state index in [2.05, 4.69) is 60.9 Å². The Labute approximate surface area is 166 Å². The van der Waals surface area contributed by atoms with Crippen LogP contribution in [0.5, 0.6) is 0 Å². The average molecular weight is 376 g/mol. The fraction of sp³-hybridized carbons (Fsp3) is 0.636. The predicted molar refractivity (Wildman–Crippen MR) is 119 cm³/mol. The highest BCUT2D eigenvalue weighted by atomic mass is 32.1. The number of unbranched alkanes of at least 4 members (excludes halogenated alkanes) is 8. The normalized spacial score (nSPS) is 11.2. The van der Waals surface area contributed by atoms with Crippen molar-refractivity contribution in [3.63, 3.8) is 0 Å². The van der Waals surface area contributed by atoms with Crippen molar-refractivity contribution in [3.8, 4) is 0 Å². The number of nitrogens with zero attached hydrogens (tertiary/aromatic N) is 1. The fourth-order valence-corrected chi connectivity index (χ4v) is 2.96. The standard InChI is InChI=1S/C22H37N3S/c1-4-5-6-7-8-9-10-11-12-17-23-22(26)25-24-18-20-13-15-21(16-14-20)19(2)3/h13-16,18-19H,4-12,17H2,1-3H3,(H2,23,25,26)/b24-18+. The maximum atomic E-state index is 5.25. The van der Waals surface area contributed by atoms with Gasteiger partial charge in [-0.1, -0.05) is 96.4 Å². The molecule has 0 aliphatic rings. The molecule has 0 bridgehead atoms. The Morgan fingerprint density at radius 1 is 0.962 bits per heavy atom. The average Bonchev–Trinajstić information content (AvgIpc) is 2.63. The van der Waals surface area contributed by atoms with Gasteiger partial charge in [0.1, 0.15) is 0 Å². The van der Waals surface area contributed by atoms with Crippen molar-refractivity contribution in [1.29, 1.82) is 0 Å². The number of nitrogens with one attached hydrogen (secondary N) is 2. The van der Waals surface area contributed by atoms with Crippen LogP contribution in [0.1, 0.15) is 95.6 Å². The van der Waals surface area contributed by atoms with E-state index < -0.39 is 0 Å². The van der Waals surface area contributed by atoms with Crippen LogP contribution >= 0.6 is 12.2 Å². The molecular weight excluding hydrogens is 338 g/mol. The summed E-state index contributed by atoms with van der Waals surface area (Å²) in [5.41, 5.74) is 5.30. The summed E-state index contributed by atoms with van der Waals surface area (Å²) < 4.78 is 0. The summed E-state index contributed by atoms with van der Waals surface area (Å²) in [7, 11) is 0. The molecule has 0 fully saturated rings. The second-order valence-corrected chi connectivity index (χ2v) is 7.68. The molecule has 0 radical (unpaired) electrons. The lowest BCUT2D eigenvalue weighted by atomic mass is 10.0. The van der Waals surface area contributed by atoms with Gasteiger partial charge in [-0.2, -0.15) is 5.10 Å². The predicted octanol–water partition coefficient (Wildman–Crippen LogP) is 6.14. The van der Waals surface area contributed by atoms with Crippen LogP contribution in [0.4, 0.5) is 0 Å². The molecule has 0 unspecified atom stereocenters. The molecule has 146 valence electrons. The van der Waals surface area contributed by atoms with Gasteiger partial charge >= 0.3 is 0 Å². The molecule has 4 heteroatoms. The molecule has 3 nitrogen and oxygen atoms in total. The summed E-state index contributed by atoms with van der Waals surface area (Å²) in [5, 5.41) is 8.02. The van der Waals surface area contributed by atoms with E-state index in [0.29, 0.717) is 11.0 Å². The van der Waals surface area contributed by atoms with Gasteiger partial charge in [0.05, 0.1) is 6.21 Å². The quantitative estimate of drug-likeness (QED) is 0.188. The van der Waals surface area contributed by atoms with Crippen molar-refractivity contribution >= 4 is 23.5 Å². The third-order valence-corrected chi connectivity index (χ3v) is 4.78. The van der Waals surface area contributed by atoms with E-state index in [1.165, 1.54) is 56.9 Å². The van der Waals surface area contributed by atoms with Gasteiger partial charge in [-0.15, -0.1) is 0 Å². The van der Waals surface area contributed by atoms with E-state index in [-0.39, 0.29) is 0 Å². The maximum Gasteiger partial charge on any atom is 0.186 e. The minimum atomic E-state index is 0.553. The minimum Gasteiger partial charge on any atom is -0.361 e. The van der Waals surface area contributed by atoms with E-state index in [0.717, 1.165) is 18.5 Å². The summed E-state index contributed by atoms with van der Waals surface area (Å²) in [6.45, 7) is 7.58. The van der Waals surface area contributed by atoms with Crippen molar-refractivity contribution < 1.29 is 0 Å². The van der Waals surface area contributed by atoms with Gasteiger partial charge in [0, 0.05) is 6.54 Å². The summed E-state index contributed by atoms with van der Waals surface area (Å²) in [6.07, 6.45) is 13.8. The number of hydrogen-bond donors (Lipinski definition) is 2. The van der Waals surface area contributed by atoms with Gasteiger partial charge < -0.3 is 5.32 Å². The highest BCUT2D eigenvalue weighted by Gasteiger charge is 1.98. The first kappa shape index (κ1) is 22.6. The molecule has 0 aliphatic heterocycles. The monoisotopic (exact) mass is 375 g/mol. The van der Waals surface area contributed by atoms with Crippen LogP contribution < -0.4 is 10.7 Å². The number of hydrazone groups is 1. The zero-order valence-corrected chi connectivity index (χ0v) is 17.7.